The third kappa shape index (κ3) is 3.93. The number of aliphatic hydroxyl groups is 1. The molecular formula is C12H23N3O. The van der Waals surface area contributed by atoms with E-state index in [0.29, 0.717) is 11.6 Å². The molecule has 0 amide bonds. The lowest BCUT2D eigenvalue weighted by Gasteiger charge is -2.13. The maximum atomic E-state index is 9.35. The van der Waals surface area contributed by atoms with Crippen molar-refractivity contribution in [2.45, 2.75) is 59.1 Å². The van der Waals surface area contributed by atoms with Gasteiger partial charge in [0.05, 0.1) is 12.3 Å². The molecule has 1 aromatic rings. The molecule has 0 aliphatic rings. The maximum absolute atomic E-state index is 9.35. The summed E-state index contributed by atoms with van der Waals surface area (Å²) in [4.78, 5) is 0. The molecule has 0 bridgehead atoms. The Morgan fingerprint density at radius 3 is 2.69 bits per heavy atom. The van der Waals surface area contributed by atoms with Gasteiger partial charge in [-0.25, -0.2) is 0 Å². The van der Waals surface area contributed by atoms with Crippen LogP contribution in [0.2, 0.25) is 0 Å². The first kappa shape index (κ1) is 13.2. The summed E-state index contributed by atoms with van der Waals surface area (Å²) in [7, 11) is 0. The molecule has 1 rings (SSSR count). The highest BCUT2D eigenvalue weighted by Gasteiger charge is 2.10. The van der Waals surface area contributed by atoms with Crippen molar-refractivity contribution in [2.24, 2.45) is 5.92 Å². The highest BCUT2D eigenvalue weighted by molar-refractivity contribution is 4.95. The summed E-state index contributed by atoms with van der Waals surface area (Å²) in [6.45, 7) is 7.06. The Labute approximate surface area is 97.7 Å². The Hall–Kier alpha value is -0.900. The zero-order valence-electron chi connectivity index (χ0n) is 10.6. The molecule has 1 heterocycles. The predicted molar refractivity (Wildman–Crippen MR) is 64.0 cm³/mol. The van der Waals surface area contributed by atoms with E-state index in [9.17, 15) is 5.11 Å². The van der Waals surface area contributed by atoms with E-state index in [1.165, 1.54) is 25.7 Å². The van der Waals surface area contributed by atoms with Crippen LogP contribution in [0.25, 0.3) is 0 Å². The fourth-order valence-electron chi connectivity index (χ4n) is 1.78. The van der Waals surface area contributed by atoms with Gasteiger partial charge in [0.15, 0.2) is 0 Å². The molecule has 92 valence electrons. The number of aromatic nitrogens is 3. The second kappa shape index (κ2) is 6.63. The Morgan fingerprint density at radius 1 is 1.44 bits per heavy atom. The molecule has 0 saturated carbocycles. The van der Waals surface area contributed by atoms with Gasteiger partial charge in [0.1, 0.15) is 5.69 Å². The van der Waals surface area contributed by atoms with E-state index < -0.39 is 6.10 Å². The summed E-state index contributed by atoms with van der Waals surface area (Å²) in [6.07, 6.45) is 6.26. The Bertz CT molecular complexity index is 296. The first-order valence-electron chi connectivity index (χ1n) is 6.25. The summed E-state index contributed by atoms with van der Waals surface area (Å²) in [5, 5.41) is 17.3. The van der Waals surface area contributed by atoms with Crippen LogP contribution in [0.5, 0.6) is 0 Å². The lowest BCUT2D eigenvalue weighted by Crippen LogP contribution is -2.10. The quantitative estimate of drug-likeness (QED) is 0.776. The monoisotopic (exact) mass is 225 g/mol. The molecule has 0 spiro atoms. The van der Waals surface area contributed by atoms with E-state index in [-0.39, 0.29) is 0 Å². The maximum Gasteiger partial charge on any atom is 0.111 e. The molecule has 0 saturated heterocycles. The minimum atomic E-state index is -0.524. The largest absolute Gasteiger partial charge is 0.387 e. The molecule has 4 heteroatoms. The van der Waals surface area contributed by atoms with Crippen LogP contribution in [0.3, 0.4) is 0 Å². The van der Waals surface area contributed by atoms with Crippen molar-refractivity contribution < 1.29 is 5.11 Å². The SMILES string of the molecule is CCCCC(CC)Cn1cc(C(C)O)nn1. The molecule has 1 aromatic heterocycles. The molecular weight excluding hydrogens is 202 g/mol. The number of nitrogens with zero attached hydrogens (tertiary/aromatic N) is 3. The van der Waals surface area contributed by atoms with Crippen LogP contribution in [-0.4, -0.2) is 20.1 Å². The molecule has 0 radical (unpaired) electrons. The fraction of sp³-hybridized carbons (Fsp3) is 0.833. The third-order valence-electron chi connectivity index (χ3n) is 2.97. The zero-order chi connectivity index (χ0) is 12.0. The van der Waals surface area contributed by atoms with Gasteiger partial charge in [0.2, 0.25) is 0 Å². The van der Waals surface area contributed by atoms with Gasteiger partial charge in [-0.05, 0) is 19.3 Å². The number of aliphatic hydroxyl groups excluding tert-OH is 1. The average Bonchev–Trinajstić information content (AvgIpc) is 2.72. The van der Waals surface area contributed by atoms with Crippen LogP contribution < -0.4 is 0 Å². The van der Waals surface area contributed by atoms with E-state index in [4.69, 9.17) is 0 Å². The Morgan fingerprint density at radius 2 is 2.19 bits per heavy atom. The molecule has 0 aliphatic carbocycles. The Balaban J connectivity index is 2.49. The third-order valence-corrected chi connectivity index (χ3v) is 2.97. The van der Waals surface area contributed by atoms with Gasteiger partial charge >= 0.3 is 0 Å². The molecule has 2 atom stereocenters. The summed E-state index contributed by atoms with van der Waals surface area (Å²) < 4.78 is 1.85. The minimum Gasteiger partial charge on any atom is -0.387 e. The van der Waals surface area contributed by atoms with Crippen molar-refractivity contribution in [3.8, 4) is 0 Å². The number of unbranched alkanes of at least 4 members (excludes halogenated alkanes) is 1. The molecule has 0 fully saturated rings. The lowest BCUT2D eigenvalue weighted by molar-refractivity contribution is 0.194. The molecule has 4 nitrogen and oxygen atoms in total. The van der Waals surface area contributed by atoms with E-state index in [1.807, 2.05) is 10.9 Å². The summed E-state index contributed by atoms with van der Waals surface area (Å²) in [6, 6.07) is 0. The minimum absolute atomic E-state index is 0.524. The predicted octanol–water partition coefficient (Wildman–Crippen LogP) is 2.55. The molecule has 1 N–H and O–H groups in total. The lowest BCUT2D eigenvalue weighted by atomic mass is 9.99. The number of hydrogen-bond acceptors (Lipinski definition) is 3. The van der Waals surface area contributed by atoms with E-state index >= 15 is 0 Å². The molecule has 0 aromatic carbocycles. The van der Waals surface area contributed by atoms with Gasteiger partial charge in [0, 0.05) is 6.54 Å². The smallest absolute Gasteiger partial charge is 0.111 e. The van der Waals surface area contributed by atoms with Crippen LogP contribution in [0.1, 0.15) is 58.3 Å². The first-order valence-corrected chi connectivity index (χ1v) is 6.25. The molecule has 2 unspecified atom stereocenters. The van der Waals surface area contributed by atoms with Crippen LogP contribution in [-0.2, 0) is 6.54 Å². The van der Waals surface area contributed by atoms with Crippen molar-refractivity contribution in [1.82, 2.24) is 15.0 Å². The van der Waals surface area contributed by atoms with Crippen molar-refractivity contribution in [3.05, 3.63) is 11.9 Å². The van der Waals surface area contributed by atoms with Crippen LogP contribution in [0.4, 0.5) is 0 Å². The van der Waals surface area contributed by atoms with Gasteiger partial charge in [-0.1, -0.05) is 38.3 Å². The summed E-state index contributed by atoms with van der Waals surface area (Å²) >= 11 is 0. The standard InChI is InChI=1S/C12H23N3O/c1-4-6-7-11(5-2)8-15-9-12(10(3)16)13-14-15/h9-11,16H,4-8H2,1-3H3. The highest BCUT2D eigenvalue weighted by atomic mass is 16.3. The second-order valence-corrected chi connectivity index (χ2v) is 4.46. The Kier molecular flexibility index (Phi) is 5.46. The van der Waals surface area contributed by atoms with Crippen molar-refractivity contribution in [3.63, 3.8) is 0 Å². The van der Waals surface area contributed by atoms with Crippen molar-refractivity contribution >= 4 is 0 Å². The first-order chi connectivity index (χ1) is 7.67. The summed E-state index contributed by atoms with van der Waals surface area (Å²) in [5.74, 6) is 0.670. The van der Waals surface area contributed by atoms with E-state index in [0.717, 1.165) is 6.54 Å². The molecule has 16 heavy (non-hydrogen) atoms. The molecule has 0 aliphatic heterocycles. The highest BCUT2D eigenvalue weighted by Crippen LogP contribution is 2.15. The normalized spacial score (nSPS) is 15.0. The van der Waals surface area contributed by atoms with Crippen molar-refractivity contribution in [1.29, 1.82) is 0 Å². The van der Waals surface area contributed by atoms with Gasteiger partial charge in [-0.2, -0.15) is 0 Å². The average molecular weight is 225 g/mol. The summed E-state index contributed by atoms with van der Waals surface area (Å²) in [5.41, 5.74) is 0.658. The van der Waals surface area contributed by atoms with Gasteiger partial charge < -0.3 is 5.11 Å². The van der Waals surface area contributed by atoms with Crippen molar-refractivity contribution in [2.75, 3.05) is 0 Å². The van der Waals surface area contributed by atoms with Gasteiger partial charge in [0.25, 0.3) is 0 Å². The zero-order valence-corrected chi connectivity index (χ0v) is 10.6. The van der Waals surface area contributed by atoms with Crippen LogP contribution >= 0.6 is 0 Å². The fourth-order valence-corrected chi connectivity index (χ4v) is 1.78. The van der Waals surface area contributed by atoms with Crippen LogP contribution in [0, 0.1) is 5.92 Å². The van der Waals surface area contributed by atoms with E-state index in [2.05, 4.69) is 24.2 Å². The number of hydrogen-bond donors (Lipinski definition) is 1. The van der Waals surface area contributed by atoms with Gasteiger partial charge in [-0.15, -0.1) is 5.10 Å². The van der Waals surface area contributed by atoms with Crippen LogP contribution in [0.15, 0.2) is 6.20 Å². The topological polar surface area (TPSA) is 50.9 Å². The van der Waals surface area contributed by atoms with Gasteiger partial charge in [-0.3, -0.25) is 4.68 Å². The second-order valence-electron chi connectivity index (χ2n) is 4.46. The van der Waals surface area contributed by atoms with E-state index in [1.54, 1.807) is 6.92 Å². The number of rotatable bonds is 7.